The standard InChI is InChI=1S/C21H22F2N4O2/c1-12-4-6-15(7-5-12)17-8-18(19(22)23)27-20(25-17)16(9-24-27)21(28)26-10-13(2)29-14(3)11-26/h4-9,13-14,19H,10-11H2,1-3H3/t13-,14-/m1/s1. The van der Waals surface area contributed by atoms with E-state index in [9.17, 15) is 13.6 Å². The minimum atomic E-state index is -2.75. The first-order valence-electron chi connectivity index (χ1n) is 9.52. The van der Waals surface area contributed by atoms with E-state index in [0.717, 1.165) is 10.1 Å². The Balaban J connectivity index is 1.81. The number of halogens is 2. The van der Waals surface area contributed by atoms with Gasteiger partial charge in [-0.15, -0.1) is 0 Å². The molecule has 1 aliphatic heterocycles. The lowest BCUT2D eigenvalue weighted by Crippen LogP contribution is -2.48. The Kier molecular flexibility index (Phi) is 5.04. The summed E-state index contributed by atoms with van der Waals surface area (Å²) in [5.41, 5.74) is 2.18. The Morgan fingerprint density at radius 1 is 1.17 bits per heavy atom. The van der Waals surface area contributed by atoms with Crippen molar-refractivity contribution in [3.8, 4) is 11.3 Å². The maximum absolute atomic E-state index is 13.7. The average Bonchev–Trinajstić information content (AvgIpc) is 3.10. The van der Waals surface area contributed by atoms with Crippen molar-refractivity contribution in [1.82, 2.24) is 19.5 Å². The van der Waals surface area contributed by atoms with Gasteiger partial charge in [-0.3, -0.25) is 4.79 Å². The zero-order chi connectivity index (χ0) is 20.7. The molecule has 0 aliphatic carbocycles. The van der Waals surface area contributed by atoms with Gasteiger partial charge in [0.1, 0.15) is 11.3 Å². The van der Waals surface area contributed by atoms with Gasteiger partial charge >= 0.3 is 0 Å². The number of aryl methyl sites for hydroxylation is 1. The molecule has 8 heteroatoms. The normalized spacial score (nSPS) is 19.9. The number of hydrogen-bond acceptors (Lipinski definition) is 4. The fraction of sp³-hybridized carbons (Fsp3) is 0.381. The van der Waals surface area contributed by atoms with E-state index in [0.29, 0.717) is 24.3 Å². The zero-order valence-electron chi connectivity index (χ0n) is 16.5. The summed E-state index contributed by atoms with van der Waals surface area (Å²) in [4.78, 5) is 19.3. The molecule has 3 aromatic rings. The molecular formula is C21H22F2N4O2. The van der Waals surface area contributed by atoms with Crippen molar-refractivity contribution in [2.45, 2.75) is 39.4 Å². The van der Waals surface area contributed by atoms with E-state index in [1.165, 1.54) is 12.3 Å². The summed E-state index contributed by atoms with van der Waals surface area (Å²) in [6.07, 6.45) is -1.63. The van der Waals surface area contributed by atoms with E-state index in [1.54, 1.807) is 4.90 Å². The number of nitrogens with zero attached hydrogens (tertiary/aromatic N) is 4. The highest BCUT2D eigenvalue weighted by Crippen LogP contribution is 2.27. The largest absolute Gasteiger partial charge is 0.372 e. The van der Waals surface area contributed by atoms with Crippen LogP contribution in [-0.2, 0) is 4.74 Å². The zero-order valence-corrected chi connectivity index (χ0v) is 16.5. The number of benzene rings is 1. The van der Waals surface area contributed by atoms with Gasteiger partial charge in [0.15, 0.2) is 5.65 Å². The summed E-state index contributed by atoms with van der Waals surface area (Å²) in [5, 5.41) is 4.04. The summed E-state index contributed by atoms with van der Waals surface area (Å²) in [6, 6.07) is 8.76. The fourth-order valence-electron chi connectivity index (χ4n) is 3.68. The topological polar surface area (TPSA) is 59.7 Å². The molecule has 0 saturated carbocycles. The van der Waals surface area contributed by atoms with Crippen LogP contribution in [0.1, 0.15) is 41.9 Å². The number of morpholine rings is 1. The van der Waals surface area contributed by atoms with Crippen molar-refractivity contribution in [2.75, 3.05) is 13.1 Å². The van der Waals surface area contributed by atoms with Gasteiger partial charge in [-0.25, -0.2) is 18.3 Å². The Hall–Kier alpha value is -2.87. The molecule has 1 aliphatic rings. The van der Waals surface area contributed by atoms with Gasteiger partial charge in [0.05, 0.1) is 24.1 Å². The summed E-state index contributed by atoms with van der Waals surface area (Å²) in [5.74, 6) is -0.282. The molecule has 0 bridgehead atoms. The van der Waals surface area contributed by atoms with Crippen LogP contribution in [0.4, 0.5) is 8.78 Å². The van der Waals surface area contributed by atoms with Gasteiger partial charge in [0.2, 0.25) is 0 Å². The molecule has 0 spiro atoms. The predicted molar refractivity (Wildman–Crippen MR) is 104 cm³/mol. The maximum atomic E-state index is 13.7. The van der Waals surface area contributed by atoms with Crippen molar-refractivity contribution in [3.63, 3.8) is 0 Å². The maximum Gasteiger partial charge on any atom is 0.280 e. The van der Waals surface area contributed by atoms with Crippen molar-refractivity contribution in [3.05, 3.63) is 53.3 Å². The second-order valence-corrected chi connectivity index (χ2v) is 7.49. The number of carbonyl (C=O) groups excluding carboxylic acids is 1. The Morgan fingerprint density at radius 2 is 1.83 bits per heavy atom. The first-order valence-corrected chi connectivity index (χ1v) is 9.52. The highest BCUT2D eigenvalue weighted by Gasteiger charge is 2.29. The number of amides is 1. The third-order valence-electron chi connectivity index (χ3n) is 5.01. The fourth-order valence-corrected chi connectivity index (χ4v) is 3.68. The van der Waals surface area contributed by atoms with E-state index in [2.05, 4.69) is 10.1 Å². The number of carbonyl (C=O) groups is 1. The van der Waals surface area contributed by atoms with Crippen molar-refractivity contribution < 1.29 is 18.3 Å². The molecule has 152 valence electrons. The molecule has 2 atom stereocenters. The van der Waals surface area contributed by atoms with Gasteiger partial charge in [-0.1, -0.05) is 29.8 Å². The number of ether oxygens (including phenoxy) is 1. The highest BCUT2D eigenvalue weighted by atomic mass is 19.3. The monoisotopic (exact) mass is 400 g/mol. The Labute approximate surface area is 167 Å². The Morgan fingerprint density at radius 3 is 2.45 bits per heavy atom. The molecule has 3 heterocycles. The van der Waals surface area contributed by atoms with Crippen LogP contribution in [-0.4, -0.2) is 50.7 Å². The first kappa shape index (κ1) is 19.4. The van der Waals surface area contributed by atoms with Crippen LogP contribution < -0.4 is 0 Å². The molecule has 1 aromatic carbocycles. The summed E-state index contributed by atoms with van der Waals surface area (Å²) >= 11 is 0. The summed E-state index contributed by atoms with van der Waals surface area (Å²) in [7, 11) is 0. The van der Waals surface area contributed by atoms with E-state index in [-0.39, 0.29) is 35.0 Å². The molecule has 1 saturated heterocycles. The average molecular weight is 400 g/mol. The lowest BCUT2D eigenvalue weighted by molar-refractivity contribution is -0.0585. The van der Waals surface area contributed by atoms with E-state index < -0.39 is 6.43 Å². The number of rotatable bonds is 3. The van der Waals surface area contributed by atoms with Crippen LogP contribution in [0.3, 0.4) is 0 Å². The molecule has 1 amide bonds. The van der Waals surface area contributed by atoms with Crippen LogP contribution in [0.2, 0.25) is 0 Å². The van der Waals surface area contributed by atoms with E-state index in [1.807, 2.05) is 45.0 Å². The van der Waals surface area contributed by atoms with Crippen LogP contribution in [0.15, 0.2) is 36.5 Å². The number of fused-ring (bicyclic) bond motifs is 1. The molecule has 0 unspecified atom stereocenters. The van der Waals surface area contributed by atoms with Gasteiger partial charge in [-0.2, -0.15) is 5.10 Å². The van der Waals surface area contributed by atoms with Gasteiger partial charge < -0.3 is 9.64 Å². The van der Waals surface area contributed by atoms with Gasteiger partial charge in [-0.05, 0) is 26.8 Å². The highest BCUT2D eigenvalue weighted by molar-refractivity contribution is 6.00. The third-order valence-corrected chi connectivity index (χ3v) is 5.01. The summed E-state index contributed by atoms with van der Waals surface area (Å²) < 4.78 is 34.2. The molecule has 0 radical (unpaired) electrons. The van der Waals surface area contributed by atoms with Crippen molar-refractivity contribution in [2.24, 2.45) is 0 Å². The number of alkyl halides is 2. The molecule has 6 nitrogen and oxygen atoms in total. The van der Waals surface area contributed by atoms with Crippen molar-refractivity contribution >= 4 is 11.6 Å². The van der Waals surface area contributed by atoms with Gasteiger partial charge in [0.25, 0.3) is 12.3 Å². The molecule has 2 aromatic heterocycles. The molecule has 1 fully saturated rings. The quantitative estimate of drug-likeness (QED) is 0.669. The first-order chi connectivity index (χ1) is 13.8. The molecule has 4 rings (SSSR count). The smallest absolute Gasteiger partial charge is 0.280 e. The van der Waals surface area contributed by atoms with E-state index in [4.69, 9.17) is 4.74 Å². The van der Waals surface area contributed by atoms with E-state index >= 15 is 0 Å². The minimum Gasteiger partial charge on any atom is -0.372 e. The van der Waals surface area contributed by atoms with Crippen LogP contribution >= 0.6 is 0 Å². The lowest BCUT2D eigenvalue weighted by atomic mass is 10.1. The second-order valence-electron chi connectivity index (χ2n) is 7.49. The third kappa shape index (κ3) is 3.72. The molecular weight excluding hydrogens is 378 g/mol. The van der Waals surface area contributed by atoms with Crippen LogP contribution in [0.5, 0.6) is 0 Å². The summed E-state index contributed by atoms with van der Waals surface area (Å²) in [6.45, 7) is 6.60. The molecule has 29 heavy (non-hydrogen) atoms. The lowest BCUT2D eigenvalue weighted by Gasteiger charge is -2.35. The van der Waals surface area contributed by atoms with Gasteiger partial charge in [0, 0.05) is 18.7 Å². The minimum absolute atomic E-state index is 0.0998. The second kappa shape index (κ2) is 7.51. The Bertz CT molecular complexity index is 1040. The number of hydrogen-bond donors (Lipinski definition) is 0. The van der Waals surface area contributed by atoms with Crippen LogP contribution in [0.25, 0.3) is 16.9 Å². The number of aromatic nitrogens is 3. The molecule has 0 N–H and O–H groups in total. The van der Waals surface area contributed by atoms with Crippen molar-refractivity contribution in [1.29, 1.82) is 0 Å². The predicted octanol–water partition coefficient (Wildman–Crippen LogP) is 3.89. The SMILES string of the molecule is Cc1ccc(-c2cc(C(F)F)n3ncc(C(=O)N4C[C@@H](C)O[C@H](C)C4)c3n2)cc1. The van der Waals surface area contributed by atoms with Crippen LogP contribution in [0, 0.1) is 6.92 Å².